The monoisotopic (exact) mass is 252 g/mol. The van der Waals surface area contributed by atoms with E-state index in [4.69, 9.17) is 0 Å². The normalized spacial score (nSPS) is 17.7. The molecule has 2 amide bonds. The molecule has 0 unspecified atom stereocenters. The number of carbonyl (C=O) groups excluding carboxylic acids is 1. The quantitative estimate of drug-likeness (QED) is 0.731. The highest BCUT2D eigenvalue weighted by atomic mass is 16.3. The Kier molecular flexibility index (Phi) is 3.86. The van der Waals surface area contributed by atoms with Crippen LogP contribution in [-0.4, -0.2) is 33.1 Å². The largest absolute Gasteiger partial charge is 0.388 e. The summed E-state index contributed by atoms with van der Waals surface area (Å²) in [7, 11) is 1.83. The van der Waals surface area contributed by atoms with Crippen molar-refractivity contribution in [2.45, 2.75) is 37.8 Å². The molecule has 0 aromatic carbocycles. The summed E-state index contributed by atoms with van der Waals surface area (Å²) in [6.07, 6.45) is 5.31. The minimum atomic E-state index is -0.704. The van der Waals surface area contributed by atoms with Crippen LogP contribution in [-0.2, 0) is 13.6 Å². The number of nitrogens with zero attached hydrogens (tertiary/aromatic N) is 2. The average molecular weight is 252 g/mol. The van der Waals surface area contributed by atoms with E-state index < -0.39 is 5.60 Å². The van der Waals surface area contributed by atoms with Gasteiger partial charge in [0.1, 0.15) is 0 Å². The minimum absolute atomic E-state index is 0.253. The highest BCUT2D eigenvalue weighted by Crippen LogP contribution is 2.28. The molecule has 1 aromatic rings. The van der Waals surface area contributed by atoms with Crippen LogP contribution in [0.25, 0.3) is 0 Å². The Morgan fingerprint density at radius 3 is 2.83 bits per heavy atom. The molecule has 1 aromatic heterocycles. The zero-order valence-electron chi connectivity index (χ0n) is 10.6. The van der Waals surface area contributed by atoms with Crippen LogP contribution in [0.3, 0.4) is 0 Å². The van der Waals surface area contributed by atoms with Gasteiger partial charge in [-0.05, 0) is 18.9 Å². The second-order valence-corrected chi connectivity index (χ2v) is 4.91. The number of urea groups is 1. The van der Waals surface area contributed by atoms with Gasteiger partial charge < -0.3 is 15.7 Å². The van der Waals surface area contributed by atoms with E-state index in [-0.39, 0.29) is 6.03 Å². The fraction of sp³-hybridized carbons (Fsp3) is 0.667. The van der Waals surface area contributed by atoms with Gasteiger partial charge in [-0.2, -0.15) is 5.10 Å². The van der Waals surface area contributed by atoms with Crippen molar-refractivity contribution in [2.24, 2.45) is 7.05 Å². The Morgan fingerprint density at radius 2 is 2.22 bits per heavy atom. The lowest BCUT2D eigenvalue weighted by Crippen LogP contribution is -2.44. The predicted molar refractivity (Wildman–Crippen MR) is 66.9 cm³/mol. The molecule has 0 aliphatic heterocycles. The van der Waals surface area contributed by atoms with Crippen molar-refractivity contribution in [1.29, 1.82) is 0 Å². The number of aliphatic hydroxyl groups is 1. The summed E-state index contributed by atoms with van der Waals surface area (Å²) in [5.74, 6) is 0. The Labute approximate surface area is 106 Å². The van der Waals surface area contributed by atoms with Crippen LogP contribution < -0.4 is 10.6 Å². The lowest BCUT2D eigenvalue weighted by molar-refractivity contribution is 0.0501. The molecule has 18 heavy (non-hydrogen) atoms. The second-order valence-electron chi connectivity index (χ2n) is 4.91. The molecular formula is C12H20N4O2. The van der Waals surface area contributed by atoms with Crippen LogP contribution in [0.5, 0.6) is 0 Å². The lowest BCUT2D eigenvalue weighted by Gasteiger charge is -2.22. The molecule has 0 radical (unpaired) electrons. The van der Waals surface area contributed by atoms with Gasteiger partial charge in [0, 0.05) is 19.8 Å². The first kappa shape index (κ1) is 12.9. The third kappa shape index (κ3) is 3.22. The van der Waals surface area contributed by atoms with E-state index in [9.17, 15) is 9.90 Å². The molecule has 3 N–H and O–H groups in total. The van der Waals surface area contributed by atoms with Gasteiger partial charge >= 0.3 is 6.03 Å². The van der Waals surface area contributed by atoms with E-state index in [0.717, 1.165) is 31.4 Å². The maximum Gasteiger partial charge on any atom is 0.315 e. The van der Waals surface area contributed by atoms with E-state index in [1.807, 2.05) is 13.1 Å². The summed E-state index contributed by atoms with van der Waals surface area (Å²) in [4.78, 5) is 11.6. The highest BCUT2D eigenvalue weighted by Gasteiger charge is 2.31. The molecule has 6 heteroatoms. The molecular weight excluding hydrogens is 232 g/mol. The van der Waals surface area contributed by atoms with Crippen molar-refractivity contribution in [1.82, 2.24) is 20.4 Å². The van der Waals surface area contributed by atoms with Gasteiger partial charge in [-0.3, -0.25) is 4.68 Å². The molecule has 0 atom stereocenters. The molecule has 6 nitrogen and oxygen atoms in total. The van der Waals surface area contributed by atoms with Crippen molar-refractivity contribution in [3.8, 4) is 0 Å². The predicted octanol–water partition coefficient (Wildman–Crippen LogP) is 0.524. The van der Waals surface area contributed by atoms with Crippen LogP contribution in [0.2, 0.25) is 0 Å². The summed E-state index contributed by atoms with van der Waals surface area (Å²) in [6, 6.07) is 1.60. The molecule has 2 rings (SSSR count). The summed E-state index contributed by atoms with van der Waals surface area (Å²) in [5, 5.41) is 19.6. The maximum atomic E-state index is 11.6. The summed E-state index contributed by atoms with van der Waals surface area (Å²) in [6.45, 7) is 0.755. The van der Waals surface area contributed by atoms with Crippen LogP contribution in [0, 0.1) is 0 Å². The number of rotatable bonds is 4. The molecule has 1 saturated carbocycles. The molecule has 100 valence electrons. The first-order valence-corrected chi connectivity index (χ1v) is 6.30. The van der Waals surface area contributed by atoms with Gasteiger partial charge in [0.2, 0.25) is 0 Å². The molecule has 0 spiro atoms. The Balaban J connectivity index is 1.71. The smallest absolute Gasteiger partial charge is 0.315 e. The van der Waals surface area contributed by atoms with Crippen molar-refractivity contribution >= 4 is 6.03 Å². The molecule has 0 bridgehead atoms. The number of hydrogen-bond donors (Lipinski definition) is 3. The van der Waals surface area contributed by atoms with E-state index in [2.05, 4.69) is 15.7 Å². The molecule has 1 aliphatic carbocycles. The summed E-state index contributed by atoms with van der Waals surface area (Å²) < 4.78 is 1.71. The Hall–Kier alpha value is -1.56. The first-order chi connectivity index (χ1) is 8.59. The third-order valence-corrected chi connectivity index (χ3v) is 3.46. The van der Waals surface area contributed by atoms with E-state index in [0.29, 0.717) is 13.1 Å². The number of aromatic nitrogens is 2. The number of nitrogens with one attached hydrogen (secondary N) is 2. The van der Waals surface area contributed by atoms with Crippen molar-refractivity contribution in [2.75, 3.05) is 6.54 Å². The summed E-state index contributed by atoms with van der Waals surface area (Å²) >= 11 is 0. The lowest BCUT2D eigenvalue weighted by atomic mass is 10.0. The van der Waals surface area contributed by atoms with Gasteiger partial charge in [-0.15, -0.1) is 0 Å². The highest BCUT2D eigenvalue weighted by molar-refractivity contribution is 5.73. The zero-order valence-corrected chi connectivity index (χ0v) is 10.6. The molecule has 1 heterocycles. The number of amides is 2. The number of aryl methyl sites for hydroxylation is 1. The van der Waals surface area contributed by atoms with Crippen molar-refractivity contribution in [3.05, 3.63) is 18.0 Å². The first-order valence-electron chi connectivity index (χ1n) is 6.30. The molecule has 1 fully saturated rings. The van der Waals surface area contributed by atoms with Crippen molar-refractivity contribution in [3.63, 3.8) is 0 Å². The number of carbonyl (C=O) groups is 1. The van der Waals surface area contributed by atoms with Gasteiger partial charge in [0.25, 0.3) is 0 Å². The second kappa shape index (κ2) is 5.39. The number of hydrogen-bond acceptors (Lipinski definition) is 3. The van der Waals surface area contributed by atoms with E-state index in [1.165, 1.54) is 0 Å². The van der Waals surface area contributed by atoms with Crippen LogP contribution in [0.15, 0.2) is 12.3 Å². The van der Waals surface area contributed by atoms with Crippen LogP contribution >= 0.6 is 0 Å². The van der Waals surface area contributed by atoms with Crippen molar-refractivity contribution < 1.29 is 9.90 Å². The zero-order chi connectivity index (χ0) is 13.0. The molecule has 1 aliphatic rings. The Bertz CT molecular complexity index is 410. The van der Waals surface area contributed by atoms with E-state index >= 15 is 0 Å². The van der Waals surface area contributed by atoms with Gasteiger partial charge in [-0.25, -0.2) is 4.79 Å². The standard InChI is InChI=1S/C12H20N4O2/c1-16-10(4-7-15-16)8-13-11(17)14-9-12(18)5-2-3-6-12/h4,7,18H,2-3,5-6,8-9H2,1H3,(H2,13,14,17). The minimum Gasteiger partial charge on any atom is -0.388 e. The van der Waals surface area contributed by atoms with Gasteiger partial charge in [0.15, 0.2) is 0 Å². The average Bonchev–Trinajstić information content (AvgIpc) is 2.94. The fourth-order valence-corrected chi connectivity index (χ4v) is 2.26. The fourth-order valence-electron chi connectivity index (χ4n) is 2.26. The third-order valence-electron chi connectivity index (χ3n) is 3.46. The SMILES string of the molecule is Cn1nccc1CNC(=O)NCC1(O)CCCC1. The van der Waals surface area contributed by atoms with E-state index in [1.54, 1.807) is 10.9 Å². The topological polar surface area (TPSA) is 79.2 Å². The van der Waals surface area contributed by atoms with Gasteiger partial charge in [-0.1, -0.05) is 12.8 Å². The van der Waals surface area contributed by atoms with Crippen LogP contribution in [0.1, 0.15) is 31.4 Å². The molecule has 0 saturated heterocycles. The maximum absolute atomic E-state index is 11.6. The van der Waals surface area contributed by atoms with Crippen LogP contribution in [0.4, 0.5) is 4.79 Å². The summed E-state index contributed by atoms with van der Waals surface area (Å²) in [5.41, 5.74) is 0.230. The Morgan fingerprint density at radius 1 is 1.50 bits per heavy atom. The van der Waals surface area contributed by atoms with Gasteiger partial charge in [0.05, 0.1) is 17.8 Å².